The van der Waals surface area contributed by atoms with Crippen molar-refractivity contribution in [2.75, 3.05) is 20.3 Å². The molecule has 1 rings (SSSR count). The Morgan fingerprint density at radius 1 is 1.25 bits per heavy atom. The van der Waals surface area contributed by atoms with Crippen LogP contribution in [0.5, 0.6) is 5.75 Å². The molecule has 0 amide bonds. The molecule has 0 atom stereocenters. The number of hydrogen-bond donors (Lipinski definition) is 0. The summed E-state index contributed by atoms with van der Waals surface area (Å²) in [5.74, 6) is -0.161. The van der Waals surface area contributed by atoms with E-state index in [-0.39, 0.29) is 70.9 Å². The summed E-state index contributed by atoms with van der Waals surface area (Å²) in [7, 11) is -2.84. The number of carbonyl (C=O) groups excluding carboxylic acids is 1. The second kappa shape index (κ2) is 9.85. The standard InChI is InChI=1S/C11H14O7S.K.H/c1-3-16-11(12)8-17-9-4-6-10(7-5-9)19(13,14)18-15-2;;/h4-7H,3,8H2,1-2H3;;/q;+1;-1. The molecule has 0 saturated heterocycles. The molecule has 0 aliphatic heterocycles. The van der Waals surface area contributed by atoms with Gasteiger partial charge in [-0.2, -0.15) is 8.42 Å². The fourth-order valence-electron chi connectivity index (χ4n) is 1.18. The van der Waals surface area contributed by atoms with E-state index in [1.165, 1.54) is 24.3 Å². The van der Waals surface area contributed by atoms with Crippen LogP contribution in [0.1, 0.15) is 8.35 Å². The van der Waals surface area contributed by atoms with Gasteiger partial charge in [-0.3, -0.25) is 0 Å². The second-order valence-electron chi connectivity index (χ2n) is 3.25. The van der Waals surface area contributed by atoms with Crippen LogP contribution in [0.2, 0.25) is 0 Å². The summed E-state index contributed by atoms with van der Waals surface area (Å²) in [5, 5.41) is 0. The van der Waals surface area contributed by atoms with E-state index < -0.39 is 16.1 Å². The Morgan fingerprint density at radius 3 is 2.35 bits per heavy atom. The van der Waals surface area contributed by atoms with Gasteiger partial charge in [0.1, 0.15) is 5.75 Å². The van der Waals surface area contributed by atoms with Crippen molar-refractivity contribution in [3.8, 4) is 5.75 Å². The summed E-state index contributed by atoms with van der Waals surface area (Å²) in [5.41, 5.74) is 0. The van der Waals surface area contributed by atoms with Crippen LogP contribution in [0.3, 0.4) is 0 Å². The minimum atomic E-state index is -3.94. The van der Waals surface area contributed by atoms with Gasteiger partial charge >= 0.3 is 67.5 Å². The maximum atomic E-state index is 11.4. The van der Waals surface area contributed by atoms with E-state index in [2.05, 4.69) is 14.0 Å². The maximum Gasteiger partial charge on any atom is 1.00 e. The fraction of sp³-hybridized carbons (Fsp3) is 0.364. The first kappa shape index (κ1) is 20.0. The molecule has 9 heteroatoms. The van der Waals surface area contributed by atoms with Gasteiger partial charge in [0, 0.05) is 0 Å². The third kappa shape index (κ3) is 6.63. The molecule has 0 aromatic heterocycles. The van der Waals surface area contributed by atoms with Crippen LogP contribution in [0.4, 0.5) is 0 Å². The van der Waals surface area contributed by atoms with Gasteiger partial charge in [0.2, 0.25) is 0 Å². The zero-order chi connectivity index (χ0) is 14.3. The quantitative estimate of drug-likeness (QED) is 0.248. The van der Waals surface area contributed by atoms with Crippen molar-refractivity contribution < 1.29 is 84.7 Å². The third-order valence-corrected chi connectivity index (χ3v) is 3.10. The Morgan fingerprint density at radius 2 is 1.85 bits per heavy atom. The van der Waals surface area contributed by atoms with Gasteiger partial charge in [0.15, 0.2) is 6.61 Å². The molecular formula is C11H15KO7S. The van der Waals surface area contributed by atoms with Gasteiger partial charge < -0.3 is 10.9 Å². The van der Waals surface area contributed by atoms with E-state index in [0.717, 1.165) is 7.11 Å². The molecule has 7 nitrogen and oxygen atoms in total. The number of esters is 1. The summed E-state index contributed by atoms with van der Waals surface area (Å²) in [6, 6.07) is 5.33. The van der Waals surface area contributed by atoms with Crippen molar-refractivity contribution in [1.29, 1.82) is 0 Å². The second-order valence-corrected chi connectivity index (χ2v) is 4.77. The number of hydrogen-bond acceptors (Lipinski definition) is 7. The zero-order valence-electron chi connectivity index (χ0n) is 12.5. The summed E-state index contributed by atoms with van der Waals surface area (Å²) in [6.07, 6.45) is 0. The van der Waals surface area contributed by atoms with E-state index in [9.17, 15) is 13.2 Å². The van der Waals surface area contributed by atoms with Crippen LogP contribution in [0.15, 0.2) is 29.2 Å². The molecule has 0 saturated carbocycles. The number of benzene rings is 1. The molecule has 0 N–H and O–H groups in total. The predicted molar refractivity (Wildman–Crippen MR) is 65.0 cm³/mol. The molecule has 0 aliphatic carbocycles. The van der Waals surface area contributed by atoms with E-state index in [1.807, 2.05) is 0 Å². The molecule has 0 bridgehead atoms. The molecule has 1 aromatic rings. The summed E-state index contributed by atoms with van der Waals surface area (Å²) < 4.78 is 36.8. The summed E-state index contributed by atoms with van der Waals surface area (Å²) >= 11 is 0. The van der Waals surface area contributed by atoms with Crippen molar-refractivity contribution in [3.05, 3.63) is 24.3 Å². The minimum absolute atomic E-state index is 0. The van der Waals surface area contributed by atoms with Gasteiger partial charge in [0.05, 0.1) is 18.6 Å². The van der Waals surface area contributed by atoms with E-state index in [4.69, 9.17) is 4.74 Å². The van der Waals surface area contributed by atoms with Crippen molar-refractivity contribution in [2.45, 2.75) is 11.8 Å². The van der Waals surface area contributed by atoms with Gasteiger partial charge in [-0.15, -0.1) is 4.33 Å². The largest absolute Gasteiger partial charge is 1.00 e. The first-order chi connectivity index (χ1) is 8.99. The van der Waals surface area contributed by atoms with E-state index in [1.54, 1.807) is 6.92 Å². The molecule has 20 heavy (non-hydrogen) atoms. The van der Waals surface area contributed by atoms with Crippen LogP contribution in [-0.4, -0.2) is 34.7 Å². The Kier molecular flexibility index (Phi) is 9.84. The van der Waals surface area contributed by atoms with Gasteiger partial charge in [-0.1, -0.05) is 0 Å². The van der Waals surface area contributed by atoms with Crippen molar-refractivity contribution in [1.82, 2.24) is 0 Å². The van der Waals surface area contributed by atoms with Crippen LogP contribution >= 0.6 is 0 Å². The first-order valence-electron chi connectivity index (χ1n) is 5.35. The zero-order valence-corrected chi connectivity index (χ0v) is 15.4. The molecule has 1 aromatic carbocycles. The predicted octanol–water partition coefficient (Wildman–Crippen LogP) is -1.99. The Bertz CT molecular complexity index is 518. The van der Waals surface area contributed by atoms with Crippen molar-refractivity contribution >= 4 is 16.1 Å². The van der Waals surface area contributed by atoms with Crippen molar-refractivity contribution in [3.63, 3.8) is 0 Å². The van der Waals surface area contributed by atoms with E-state index in [0.29, 0.717) is 5.75 Å². The Balaban J connectivity index is 0. The van der Waals surface area contributed by atoms with Crippen LogP contribution in [0, 0.1) is 0 Å². The molecule has 0 unspecified atom stereocenters. The molecule has 0 spiro atoms. The Labute approximate surface area is 161 Å². The topological polar surface area (TPSA) is 88.1 Å². The van der Waals surface area contributed by atoms with E-state index >= 15 is 0 Å². The normalized spacial score (nSPS) is 10.5. The first-order valence-corrected chi connectivity index (χ1v) is 6.76. The number of rotatable bonds is 7. The Hall–Kier alpha value is -0.00364. The molecule has 108 valence electrons. The molecular weight excluding hydrogens is 315 g/mol. The number of carbonyl (C=O) groups is 1. The average molecular weight is 330 g/mol. The minimum Gasteiger partial charge on any atom is -1.00 e. The monoisotopic (exact) mass is 330 g/mol. The molecule has 0 radical (unpaired) electrons. The number of ether oxygens (including phenoxy) is 2. The molecule has 0 heterocycles. The van der Waals surface area contributed by atoms with Gasteiger partial charge in [-0.05, 0) is 31.2 Å². The van der Waals surface area contributed by atoms with Crippen molar-refractivity contribution in [2.24, 2.45) is 0 Å². The van der Waals surface area contributed by atoms with Gasteiger partial charge in [0.25, 0.3) is 0 Å². The third-order valence-electron chi connectivity index (χ3n) is 1.93. The SMILES string of the molecule is CCOC(=O)COc1ccc(S(=O)(=O)OOC)cc1.[H-].[K+]. The van der Waals surface area contributed by atoms with Crippen LogP contribution in [0.25, 0.3) is 0 Å². The van der Waals surface area contributed by atoms with Crippen LogP contribution in [-0.2, 0) is 28.9 Å². The summed E-state index contributed by atoms with van der Waals surface area (Å²) in [6.45, 7) is 1.72. The molecule has 0 fully saturated rings. The smallest absolute Gasteiger partial charge is 1.00 e. The molecule has 0 aliphatic rings. The average Bonchev–Trinajstić information content (AvgIpc) is 2.37. The maximum absolute atomic E-state index is 11.4. The summed E-state index contributed by atoms with van der Waals surface area (Å²) in [4.78, 5) is 15.1. The fourth-order valence-corrected chi connectivity index (χ4v) is 1.90. The van der Waals surface area contributed by atoms with Gasteiger partial charge in [-0.25, -0.2) is 9.68 Å². The van der Waals surface area contributed by atoms with Crippen LogP contribution < -0.4 is 56.1 Å².